The Balaban J connectivity index is 1.80. The van der Waals surface area contributed by atoms with E-state index in [2.05, 4.69) is 15.5 Å². The molecule has 0 saturated carbocycles. The zero-order valence-electron chi connectivity index (χ0n) is 11.0. The summed E-state index contributed by atoms with van der Waals surface area (Å²) in [6.45, 7) is 1.77. The third kappa shape index (κ3) is 2.76. The number of hydrogen-bond acceptors (Lipinski definition) is 5. The number of anilines is 1. The molecule has 2 aliphatic rings. The summed E-state index contributed by atoms with van der Waals surface area (Å²) in [5, 5.41) is 10.1. The van der Waals surface area contributed by atoms with E-state index in [1.54, 1.807) is 0 Å². The van der Waals surface area contributed by atoms with Gasteiger partial charge in [-0.15, -0.1) is 10.2 Å². The van der Waals surface area contributed by atoms with Crippen molar-refractivity contribution in [1.29, 1.82) is 0 Å². The molecular weight excluding hydrogens is 289 g/mol. The molecule has 8 heteroatoms. The van der Waals surface area contributed by atoms with E-state index >= 15 is 0 Å². The summed E-state index contributed by atoms with van der Waals surface area (Å²) in [5.74, 6) is 0. The van der Waals surface area contributed by atoms with Crippen LogP contribution in [0.5, 0.6) is 0 Å². The summed E-state index contributed by atoms with van der Waals surface area (Å²) < 4.78 is 37.9. The summed E-state index contributed by atoms with van der Waals surface area (Å²) in [5.41, 5.74) is 0. The average Bonchev–Trinajstić information content (AvgIpc) is 3.10. The standard InChI is InChI=1S/C12H17F3N4S/c13-12(14,15)10-17-18-11(20-10)19-7-2-1-5-9(19)8-4-3-6-16-8/h8-9,16H,1-7H2. The summed E-state index contributed by atoms with van der Waals surface area (Å²) in [4.78, 5) is 2.03. The van der Waals surface area contributed by atoms with Crippen LogP contribution in [-0.4, -0.2) is 35.4 Å². The van der Waals surface area contributed by atoms with Gasteiger partial charge in [-0.25, -0.2) is 0 Å². The first-order valence-corrected chi connectivity index (χ1v) is 7.78. The number of piperidine rings is 1. The lowest BCUT2D eigenvalue weighted by Crippen LogP contribution is -2.50. The van der Waals surface area contributed by atoms with Crippen molar-refractivity contribution in [2.75, 3.05) is 18.0 Å². The zero-order chi connectivity index (χ0) is 14.2. The van der Waals surface area contributed by atoms with Crippen molar-refractivity contribution in [3.8, 4) is 0 Å². The number of halogens is 3. The molecular formula is C12H17F3N4S. The van der Waals surface area contributed by atoms with Crippen molar-refractivity contribution < 1.29 is 13.2 Å². The molecule has 3 heterocycles. The summed E-state index contributed by atoms with van der Waals surface area (Å²) in [6.07, 6.45) is 0.977. The Kier molecular flexibility index (Phi) is 3.85. The fourth-order valence-electron chi connectivity index (χ4n) is 3.10. The molecule has 1 aromatic heterocycles. The van der Waals surface area contributed by atoms with Crippen molar-refractivity contribution >= 4 is 16.5 Å². The Hall–Kier alpha value is -0.890. The van der Waals surface area contributed by atoms with Gasteiger partial charge in [0, 0.05) is 18.6 Å². The Morgan fingerprint density at radius 2 is 2.00 bits per heavy atom. The molecule has 0 aromatic carbocycles. The number of nitrogens with one attached hydrogen (secondary N) is 1. The van der Waals surface area contributed by atoms with Crippen molar-refractivity contribution in [2.24, 2.45) is 0 Å². The lowest BCUT2D eigenvalue weighted by atomic mass is 9.95. The minimum Gasteiger partial charge on any atom is -0.342 e. The molecule has 2 aliphatic heterocycles. The van der Waals surface area contributed by atoms with Gasteiger partial charge in [0.15, 0.2) is 0 Å². The minimum atomic E-state index is -4.40. The second kappa shape index (κ2) is 5.48. The maximum atomic E-state index is 12.6. The van der Waals surface area contributed by atoms with Crippen LogP contribution in [-0.2, 0) is 6.18 Å². The first-order chi connectivity index (χ1) is 9.55. The summed E-state index contributed by atoms with van der Waals surface area (Å²) in [6, 6.07) is 0.619. The Labute approximate surface area is 119 Å². The smallest absolute Gasteiger partial charge is 0.342 e. The van der Waals surface area contributed by atoms with Gasteiger partial charge in [0.1, 0.15) is 0 Å². The second-order valence-electron chi connectivity index (χ2n) is 5.35. The van der Waals surface area contributed by atoms with Crippen LogP contribution in [0.1, 0.15) is 37.1 Å². The van der Waals surface area contributed by atoms with Crippen molar-refractivity contribution in [2.45, 2.75) is 50.4 Å². The van der Waals surface area contributed by atoms with Crippen LogP contribution >= 0.6 is 11.3 Å². The topological polar surface area (TPSA) is 41.1 Å². The third-order valence-electron chi connectivity index (χ3n) is 4.01. The normalized spacial score (nSPS) is 28.1. The molecule has 0 spiro atoms. The highest BCUT2D eigenvalue weighted by Crippen LogP contribution is 2.37. The highest BCUT2D eigenvalue weighted by molar-refractivity contribution is 7.15. The van der Waals surface area contributed by atoms with Gasteiger partial charge in [-0.05, 0) is 38.6 Å². The van der Waals surface area contributed by atoms with Crippen LogP contribution in [0.4, 0.5) is 18.3 Å². The van der Waals surface area contributed by atoms with Gasteiger partial charge in [-0.1, -0.05) is 11.3 Å². The third-order valence-corrected chi connectivity index (χ3v) is 5.02. The van der Waals surface area contributed by atoms with E-state index < -0.39 is 11.2 Å². The molecule has 2 saturated heterocycles. The van der Waals surface area contributed by atoms with E-state index in [1.165, 1.54) is 0 Å². The molecule has 2 fully saturated rings. The number of nitrogens with zero attached hydrogens (tertiary/aromatic N) is 3. The Bertz CT molecular complexity index is 456. The Morgan fingerprint density at radius 1 is 1.15 bits per heavy atom. The van der Waals surface area contributed by atoms with Gasteiger partial charge in [-0.3, -0.25) is 0 Å². The minimum absolute atomic E-state index is 0.250. The zero-order valence-corrected chi connectivity index (χ0v) is 11.8. The molecule has 112 valence electrons. The number of aromatic nitrogens is 2. The first-order valence-electron chi connectivity index (χ1n) is 6.96. The fraction of sp³-hybridized carbons (Fsp3) is 0.833. The maximum Gasteiger partial charge on any atom is 0.445 e. The van der Waals surface area contributed by atoms with Crippen LogP contribution in [0, 0.1) is 0 Å². The van der Waals surface area contributed by atoms with Gasteiger partial charge < -0.3 is 10.2 Å². The number of rotatable bonds is 2. The lowest BCUT2D eigenvalue weighted by molar-refractivity contribution is -0.138. The monoisotopic (exact) mass is 306 g/mol. The molecule has 0 radical (unpaired) electrons. The van der Waals surface area contributed by atoms with Crippen LogP contribution < -0.4 is 10.2 Å². The second-order valence-corrected chi connectivity index (χ2v) is 6.30. The van der Waals surface area contributed by atoms with Gasteiger partial charge in [0.05, 0.1) is 0 Å². The van der Waals surface area contributed by atoms with Crippen molar-refractivity contribution in [1.82, 2.24) is 15.5 Å². The predicted octanol–water partition coefficient (Wildman–Crippen LogP) is 2.67. The molecule has 2 atom stereocenters. The van der Waals surface area contributed by atoms with Crippen molar-refractivity contribution in [3.63, 3.8) is 0 Å². The first kappa shape index (κ1) is 14.1. The van der Waals surface area contributed by atoms with E-state index in [4.69, 9.17) is 0 Å². The van der Waals surface area contributed by atoms with Gasteiger partial charge in [0.25, 0.3) is 0 Å². The molecule has 3 rings (SSSR count). The van der Waals surface area contributed by atoms with E-state index in [-0.39, 0.29) is 6.04 Å². The van der Waals surface area contributed by atoms with E-state index in [0.717, 1.165) is 45.2 Å². The highest BCUT2D eigenvalue weighted by Gasteiger charge is 2.38. The van der Waals surface area contributed by atoms with Crippen LogP contribution in [0.2, 0.25) is 0 Å². The predicted molar refractivity (Wildman–Crippen MR) is 70.9 cm³/mol. The largest absolute Gasteiger partial charge is 0.445 e. The van der Waals surface area contributed by atoms with Crippen LogP contribution in [0.15, 0.2) is 0 Å². The molecule has 0 bridgehead atoms. The molecule has 4 nitrogen and oxygen atoms in total. The molecule has 2 unspecified atom stereocenters. The van der Waals surface area contributed by atoms with Crippen LogP contribution in [0.3, 0.4) is 0 Å². The lowest BCUT2D eigenvalue weighted by Gasteiger charge is -2.38. The molecule has 1 N–H and O–H groups in total. The molecule has 0 amide bonds. The quantitative estimate of drug-likeness (QED) is 0.912. The van der Waals surface area contributed by atoms with Crippen molar-refractivity contribution in [3.05, 3.63) is 5.01 Å². The van der Waals surface area contributed by atoms with Gasteiger partial charge in [-0.2, -0.15) is 13.2 Å². The summed E-state index contributed by atoms with van der Waals surface area (Å²) in [7, 11) is 0. The van der Waals surface area contributed by atoms with Gasteiger partial charge >= 0.3 is 6.18 Å². The van der Waals surface area contributed by atoms with E-state index in [0.29, 0.717) is 22.5 Å². The number of alkyl halides is 3. The van der Waals surface area contributed by atoms with E-state index in [1.807, 2.05) is 4.90 Å². The van der Waals surface area contributed by atoms with Gasteiger partial charge in [0.2, 0.25) is 10.1 Å². The SMILES string of the molecule is FC(F)(F)c1nnc(N2CCCCC2C2CCCN2)s1. The highest BCUT2D eigenvalue weighted by atomic mass is 32.1. The average molecular weight is 306 g/mol. The number of hydrogen-bond donors (Lipinski definition) is 1. The maximum absolute atomic E-state index is 12.6. The van der Waals surface area contributed by atoms with E-state index in [9.17, 15) is 13.2 Å². The Morgan fingerprint density at radius 3 is 2.65 bits per heavy atom. The fourth-order valence-corrected chi connectivity index (χ4v) is 3.90. The molecule has 1 aromatic rings. The van der Waals surface area contributed by atoms with Crippen LogP contribution in [0.25, 0.3) is 0 Å². The summed E-state index contributed by atoms with van der Waals surface area (Å²) >= 11 is 0.660. The molecule has 20 heavy (non-hydrogen) atoms. The molecule has 0 aliphatic carbocycles.